The van der Waals surface area contributed by atoms with Crippen molar-refractivity contribution < 1.29 is 23.9 Å². The molecule has 1 aliphatic heterocycles. The van der Waals surface area contributed by atoms with Crippen LogP contribution in [0.1, 0.15) is 76.2 Å². The van der Waals surface area contributed by atoms with E-state index in [-0.39, 0.29) is 17.5 Å². The summed E-state index contributed by atoms with van der Waals surface area (Å²) in [7, 11) is 1.31. The summed E-state index contributed by atoms with van der Waals surface area (Å²) >= 11 is 0. The molecule has 10 nitrogen and oxygen atoms in total. The van der Waals surface area contributed by atoms with Crippen molar-refractivity contribution >= 4 is 23.7 Å². The highest BCUT2D eigenvalue weighted by atomic mass is 16.5. The van der Waals surface area contributed by atoms with Gasteiger partial charge in [-0.1, -0.05) is 40.0 Å². The first-order chi connectivity index (χ1) is 16.6. The van der Waals surface area contributed by atoms with Crippen LogP contribution in [-0.4, -0.2) is 70.3 Å². The minimum Gasteiger partial charge on any atom is -0.467 e. The molecule has 0 radical (unpaired) electrons. The lowest BCUT2D eigenvalue weighted by Gasteiger charge is -2.37. The average molecular weight is 488 g/mol. The number of amides is 3. The summed E-state index contributed by atoms with van der Waals surface area (Å²) in [6.07, 6.45) is 10.1. The number of carbonyl (C=O) groups is 4. The topological polar surface area (TPSA) is 131 Å². The van der Waals surface area contributed by atoms with Crippen LogP contribution in [0.2, 0.25) is 0 Å². The Morgan fingerprint density at radius 1 is 1.03 bits per heavy atom. The Kier molecular flexibility index (Phi) is 8.80. The molecular weight excluding hydrogens is 450 g/mol. The van der Waals surface area contributed by atoms with E-state index < -0.39 is 41.3 Å². The van der Waals surface area contributed by atoms with Gasteiger partial charge in [0.2, 0.25) is 11.8 Å². The Balaban J connectivity index is 1.82. The van der Waals surface area contributed by atoms with Gasteiger partial charge >= 0.3 is 5.97 Å². The Morgan fingerprint density at radius 3 is 2.34 bits per heavy atom. The first kappa shape index (κ1) is 26.6. The minimum absolute atomic E-state index is 0.0466. The second kappa shape index (κ2) is 11.6. The first-order valence-corrected chi connectivity index (χ1v) is 12.4. The van der Waals surface area contributed by atoms with Gasteiger partial charge < -0.3 is 20.3 Å². The lowest BCUT2D eigenvalue weighted by atomic mass is 9.82. The van der Waals surface area contributed by atoms with E-state index in [1.807, 2.05) is 20.8 Å². The van der Waals surface area contributed by atoms with Crippen molar-refractivity contribution in [2.75, 3.05) is 13.7 Å². The number of aromatic nitrogens is 2. The molecule has 2 heterocycles. The first-order valence-electron chi connectivity index (χ1n) is 12.4. The molecule has 10 heteroatoms. The smallest absolute Gasteiger partial charge is 0.328 e. The van der Waals surface area contributed by atoms with Crippen molar-refractivity contribution in [2.45, 2.75) is 83.8 Å². The van der Waals surface area contributed by atoms with E-state index in [0.29, 0.717) is 19.4 Å². The Hall–Kier alpha value is -3.04. The molecule has 3 rings (SSSR count). The molecule has 35 heavy (non-hydrogen) atoms. The zero-order valence-electron chi connectivity index (χ0n) is 21.1. The molecular formula is C25H37N5O5. The third-order valence-electron chi connectivity index (χ3n) is 6.89. The Labute approximate surface area is 206 Å². The second-order valence-corrected chi connectivity index (χ2v) is 10.5. The van der Waals surface area contributed by atoms with Crippen LogP contribution in [-0.2, 0) is 19.1 Å². The van der Waals surface area contributed by atoms with E-state index in [0.717, 1.165) is 32.1 Å². The van der Waals surface area contributed by atoms with E-state index in [1.165, 1.54) is 30.6 Å². The van der Waals surface area contributed by atoms with Crippen LogP contribution in [0, 0.1) is 11.3 Å². The summed E-state index contributed by atoms with van der Waals surface area (Å²) in [5.41, 5.74) is -0.496. The van der Waals surface area contributed by atoms with E-state index in [2.05, 4.69) is 20.6 Å². The van der Waals surface area contributed by atoms with Gasteiger partial charge in [0.15, 0.2) is 0 Å². The van der Waals surface area contributed by atoms with Gasteiger partial charge in [0.25, 0.3) is 5.91 Å². The predicted molar refractivity (Wildman–Crippen MR) is 128 cm³/mol. The van der Waals surface area contributed by atoms with Gasteiger partial charge in [-0.05, 0) is 37.0 Å². The van der Waals surface area contributed by atoms with Crippen molar-refractivity contribution in [2.24, 2.45) is 11.3 Å². The van der Waals surface area contributed by atoms with Crippen molar-refractivity contribution in [3.63, 3.8) is 0 Å². The summed E-state index contributed by atoms with van der Waals surface area (Å²) in [4.78, 5) is 61.8. The molecule has 3 amide bonds. The van der Waals surface area contributed by atoms with Gasteiger partial charge in [-0.15, -0.1) is 0 Å². The van der Waals surface area contributed by atoms with Crippen molar-refractivity contribution in [3.8, 4) is 0 Å². The maximum Gasteiger partial charge on any atom is 0.328 e. The van der Waals surface area contributed by atoms with E-state index in [9.17, 15) is 19.2 Å². The standard InChI is InChI=1S/C25H37N5O5/c1-25(2,3)20(23(33)30-14-8-11-18(30)24(34)35-4)29-22(32)19(16-9-6-5-7-10-16)28-21(31)17-15-26-12-13-27-17/h12-13,15-16,18-20H,5-11,14H2,1-4H3,(H,28,31)(H,29,32)/t18?,19-,20?/m0/s1. The van der Waals surface area contributed by atoms with Crippen molar-refractivity contribution in [1.82, 2.24) is 25.5 Å². The Morgan fingerprint density at radius 2 is 1.74 bits per heavy atom. The number of ether oxygens (including phenoxy) is 1. The van der Waals surface area contributed by atoms with Crippen LogP contribution in [0.15, 0.2) is 18.6 Å². The lowest BCUT2D eigenvalue weighted by molar-refractivity contribution is -0.153. The maximum absolute atomic E-state index is 13.6. The van der Waals surface area contributed by atoms with Crippen LogP contribution in [0.3, 0.4) is 0 Å². The van der Waals surface area contributed by atoms with Crippen LogP contribution in [0.25, 0.3) is 0 Å². The quantitative estimate of drug-likeness (QED) is 0.561. The van der Waals surface area contributed by atoms with E-state index in [1.54, 1.807) is 0 Å². The molecule has 1 aromatic heterocycles. The number of carbonyl (C=O) groups excluding carboxylic acids is 4. The minimum atomic E-state index is -0.875. The van der Waals surface area contributed by atoms with Gasteiger partial charge in [-0.2, -0.15) is 0 Å². The van der Waals surface area contributed by atoms with Crippen LogP contribution in [0.5, 0.6) is 0 Å². The largest absolute Gasteiger partial charge is 0.467 e. The SMILES string of the molecule is COC(=O)C1CCCN1C(=O)C(NC(=O)[C@@H](NC(=O)c1cnccn1)C1CCCCC1)C(C)(C)C. The third kappa shape index (κ3) is 6.55. The molecule has 1 saturated heterocycles. The highest BCUT2D eigenvalue weighted by Crippen LogP contribution is 2.29. The number of hydrogen-bond acceptors (Lipinski definition) is 7. The van der Waals surface area contributed by atoms with Gasteiger partial charge in [-0.3, -0.25) is 19.4 Å². The number of esters is 1. The molecule has 2 fully saturated rings. The van der Waals surface area contributed by atoms with Gasteiger partial charge in [0.1, 0.15) is 23.8 Å². The highest BCUT2D eigenvalue weighted by Gasteiger charge is 2.43. The number of likely N-dealkylation sites (tertiary alicyclic amines) is 1. The molecule has 2 unspecified atom stereocenters. The van der Waals surface area contributed by atoms with Crippen molar-refractivity contribution in [1.29, 1.82) is 0 Å². The normalized spacial score (nSPS) is 20.6. The molecule has 192 valence electrons. The number of nitrogens with one attached hydrogen (secondary N) is 2. The number of hydrogen-bond donors (Lipinski definition) is 2. The second-order valence-electron chi connectivity index (χ2n) is 10.5. The van der Waals surface area contributed by atoms with Gasteiger partial charge in [0, 0.05) is 18.9 Å². The molecule has 0 bridgehead atoms. The van der Waals surface area contributed by atoms with Crippen LogP contribution >= 0.6 is 0 Å². The van der Waals surface area contributed by atoms with E-state index >= 15 is 0 Å². The molecule has 1 aliphatic carbocycles. The van der Waals surface area contributed by atoms with Crippen LogP contribution in [0.4, 0.5) is 0 Å². The molecule has 1 saturated carbocycles. The fourth-order valence-corrected chi connectivity index (χ4v) is 4.95. The summed E-state index contributed by atoms with van der Waals surface area (Å²) in [6, 6.07) is -2.34. The number of methoxy groups -OCH3 is 1. The number of nitrogens with zero attached hydrogens (tertiary/aromatic N) is 3. The summed E-state index contributed by atoms with van der Waals surface area (Å²) < 4.78 is 4.89. The predicted octanol–water partition coefficient (Wildman–Crippen LogP) is 1.85. The fourth-order valence-electron chi connectivity index (χ4n) is 4.95. The lowest BCUT2D eigenvalue weighted by Crippen LogP contribution is -2.61. The average Bonchev–Trinajstić information content (AvgIpc) is 3.35. The van der Waals surface area contributed by atoms with Crippen LogP contribution < -0.4 is 10.6 Å². The number of rotatable bonds is 7. The van der Waals surface area contributed by atoms with Gasteiger partial charge in [0.05, 0.1) is 13.3 Å². The monoisotopic (exact) mass is 487 g/mol. The van der Waals surface area contributed by atoms with Crippen molar-refractivity contribution in [3.05, 3.63) is 24.3 Å². The molecule has 0 spiro atoms. The Bertz CT molecular complexity index is 911. The zero-order chi connectivity index (χ0) is 25.6. The highest BCUT2D eigenvalue weighted by molar-refractivity contribution is 5.97. The molecule has 2 aliphatic rings. The van der Waals surface area contributed by atoms with E-state index in [4.69, 9.17) is 4.74 Å². The zero-order valence-corrected chi connectivity index (χ0v) is 21.1. The third-order valence-corrected chi connectivity index (χ3v) is 6.89. The summed E-state index contributed by atoms with van der Waals surface area (Å²) in [5, 5.41) is 5.78. The summed E-state index contributed by atoms with van der Waals surface area (Å²) in [5.74, 6) is -1.70. The fraction of sp³-hybridized carbons (Fsp3) is 0.680. The molecule has 1 aromatic rings. The van der Waals surface area contributed by atoms with Gasteiger partial charge in [-0.25, -0.2) is 9.78 Å². The molecule has 3 atom stereocenters. The molecule has 0 aromatic carbocycles. The summed E-state index contributed by atoms with van der Waals surface area (Å²) in [6.45, 7) is 6.03. The molecule has 2 N–H and O–H groups in total. The maximum atomic E-state index is 13.6.